The van der Waals surface area contributed by atoms with Gasteiger partial charge < -0.3 is 9.84 Å². The van der Waals surface area contributed by atoms with E-state index in [2.05, 4.69) is 0 Å². The summed E-state index contributed by atoms with van der Waals surface area (Å²) in [6, 6.07) is 6.90. The number of carbonyl (C=O) groups is 2. The van der Waals surface area contributed by atoms with Crippen LogP contribution in [0, 0.1) is 0 Å². The van der Waals surface area contributed by atoms with Crippen molar-refractivity contribution in [3.8, 4) is 0 Å². The molecule has 6 nitrogen and oxygen atoms in total. The van der Waals surface area contributed by atoms with E-state index in [1.807, 2.05) is 0 Å². The van der Waals surface area contributed by atoms with E-state index in [1.54, 1.807) is 24.3 Å². The zero-order valence-electron chi connectivity index (χ0n) is 10.8. The molecule has 0 unspecified atom stereocenters. The zero-order chi connectivity index (χ0) is 14.0. The number of hydrogen-bond acceptors (Lipinski definition) is 5. The predicted molar refractivity (Wildman–Crippen MR) is 65.2 cm³/mol. The lowest BCUT2D eigenvalue weighted by molar-refractivity contribution is -0.201. The summed E-state index contributed by atoms with van der Waals surface area (Å²) in [6.45, 7) is -0.576. The van der Waals surface area contributed by atoms with E-state index in [1.165, 1.54) is 14.2 Å². The Kier molecular flexibility index (Phi) is 3.55. The summed E-state index contributed by atoms with van der Waals surface area (Å²) in [5.41, 5.74) is -0.396. The second-order valence-electron chi connectivity index (χ2n) is 4.30. The topological polar surface area (TPSA) is 76.1 Å². The number of esters is 1. The molecule has 0 fully saturated rings. The van der Waals surface area contributed by atoms with Gasteiger partial charge in [-0.3, -0.25) is 9.63 Å². The normalized spacial score (nSPS) is 22.1. The van der Waals surface area contributed by atoms with Crippen molar-refractivity contribution in [3.63, 3.8) is 0 Å². The smallest absolute Gasteiger partial charge is 0.337 e. The van der Waals surface area contributed by atoms with Gasteiger partial charge in [-0.1, -0.05) is 18.2 Å². The standard InChI is InChI=1S/C13H15NO5/c1-18-12(17)13(8-15)7-9-5-3-4-6-10(9)11(16)14(13)19-2/h3-6,15H,7-8H2,1-2H3/t13-/m1/s1. The summed E-state index contributed by atoms with van der Waals surface area (Å²) in [4.78, 5) is 29.3. The fourth-order valence-electron chi connectivity index (χ4n) is 2.36. The van der Waals surface area contributed by atoms with E-state index in [0.717, 1.165) is 5.06 Å². The van der Waals surface area contributed by atoms with E-state index >= 15 is 0 Å². The molecule has 6 heteroatoms. The number of benzene rings is 1. The number of hydrogen-bond donors (Lipinski definition) is 1. The third-order valence-corrected chi connectivity index (χ3v) is 3.31. The third-order valence-electron chi connectivity index (χ3n) is 3.31. The Balaban J connectivity index is 2.57. The Morgan fingerprint density at radius 3 is 2.68 bits per heavy atom. The SMILES string of the molecule is COC(=O)[C@]1(CO)Cc2ccccc2C(=O)N1OC. The van der Waals surface area contributed by atoms with Crippen LogP contribution in [0.2, 0.25) is 0 Å². The highest BCUT2D eigenvalue weighted by atomic mass is 16.7. The molecule has 1 aliphatic heterocycles. The zero-order valence-corrected chi connectivity index (χ0v) is 10.8. The van der Waals surface area contributed by atoms with Crippen molar-refractivity contribution in [2.75, 3.05) is 20.8 Å². The van der Waals surface area contributed by atoms with E-state index in [4.69, 9.17) is 9.57 Å². The maximum Gasteiger partial charge on any atom is 0.337 e. The van der Waals surface area contributed by atoms with Crippen molar-refractivity contribution < 1.29 is 24.3 Å². The third kappa shape index (κ3) is 1.89. The highest BCUT2D eigenvalue weighted by molar-refractivity contribution is 6.01. The molecule has 1 N–H and O–H groups in total. The van der Waals surface area contributed by atoms with Gasteiger partial charge in [0.25, 0.3) is 5.91 Å². The molecule has 0 radical (unpaired) electrons. The lowest BCUT2D eigenvalue weighted by Crippen LogP contribution is -2.63. The highest BCUT2D eigenvalue weighted by Crippen LogP contribution is 2.31. The van der Waals surface area contributed by atoms with Gasteiger partial charge in [0.2, 0.25) is 0 Å². The molecule has 0 saturated carbocycles. The van der Waals surface area contributed by atoms with Crippen LogP contribution in [0.4, 0.5) is 0 Å². The molecule has 1 aromatic carbocycles. The molecule has 0 aromatic heterocycles. The number of hydroxylamine groups is 2. The number of aliphatic hydroxyl groups excluding tert-OH is 1. The number of amides is 1. The van der Waals surface area contributed by atoms with E-state index in [-0.39, 0.29) is 6.42 Å². The van der Waals surface area contributed by atoms with Crippen LogP contribution in [0.5, 0.6) is 0 Å². The molecule has 0 bridgehead atoms. The minimum Gasteiger partial charge on any atom is -0.467 e. The predicted octanol–water partition coefficient (Wildman–Crippen LogP) is 0.150. The van der Waals surface area contributed by atoms with Gasteiger partial charge in [0.1, 0.15) is 0 Å². The van der Waals surface area contributed by atoms with Gasteiger partial charge in [-0.15, -0.1) is 0 Å². The van der Waals surface area contributed by atoms with Crippen molar-refractivity contribution in [2.24, 2.45) is 0 Å². The largest absolute Gasteiger partial charge is 0.467 e. The van der Waals surface area contributed by atoms with E-state index in [9.17, 15) is 14.7 Å². The van der Waals surface area contributed by atoms with Crippen molar-refractivity contribution >= 4 is 11.9 Å². The first-order chi connectivity index (χ1) is 9.10. The number of methoxy groups -OCH3 is 1. The molecule has 0 saturated heterocycles. The van der Waals surface area contributed by atoms with E-state index in [0.29, 0.717) is 11.1 Å². The van der Waals surface area contributed by atoms with Gasteiger partial charge in [-0.25, -0.2) is 4.79 Å². The number of aliphatic hydroxyl groups is 1. The minimum absolute atomic E-state index is 0.145. The fourth-order valence-corrected chi connectivity index (χ4v) is 2.36. The van der Waals surface area contributed by atoms with Crippen LogP contribution in [0.1, 0.15) is 15.9 Å². The van der Waals surface area contributed by atoms with Crippen molar-refractivity contribution in [2.45, 2.75) is 12.0 Å². The Morgan fingerprint density at radius 1 is 1.42 bits per heavy atom. The van der Waals surface area contributed by atoms with Gasteiger partial charge in [0, 0.05) is 12.0 Å². The van der Waals surface area contributed by atoms with Gasteiger partial charge in [0.05, 0.1) is 20.8 Å². The van der Waals surface area contributed by atoms with Crippen LogP contribution in [0.3, 0.4) is 0 Å². The average Bonchev–Trinajstić information content (AvgIpc) is 2.46. The number of carbonyl (C=O) groups excluding carboxylic acids is 2. The summed E-state index contributed by atoms with van der Waals surface area (Å²) in [7, 11) is 2.48. The molecular formula is C13H15NO5. The molecule has 102 valence electrons. The Morgan fingerprint density at radius 2 is 2.11 bits per heavy atom. The average molecular weight is 265 g/mol. The van der Waals surface area contributed by atoms with Crippen molar-refractivity contribution in [1.29, 1.82) is 0 Å². The van der Waals surface area contributed by atoms with Crippen LogP contribution >= 0.6 is 0 Å². The number of nitrogens with zero attached hydrogens (tertiary/aromatic N) is 1. The van der Waals surface area contributed by atoms with Crippen LogP contribution in [0.15, 0.2) is 24.3 Å². The fraction of sp³-hybridized carbons (Fsp3) is 0.385. The first-order valence-electron chi connectivity index (χ1n) is 5.76. The van der Waals surface area contributed by atoms with Crippen LogP contribution < -0.4 is 0 Å². The molecule has 1 aliphatic rings. The quantitative estimate of drug-likeness (QED) is 0.787. The Labute approximate surface area is 110 Å². The second-order valence-corrected chi connectivity index (χ2v) is 4.30. The van der Waals surface area contributed by atoms with Gasteiger partial charge in [-0.05, 0) is 11.6 Å². The number of ether oxygens (including phenoxy) is 1. The number of fused-ring (bicyclic) bond motifs is 1. The van der Waals surface area contributed by atoms with Crippen LogP contribution in [-0.4, -0.2) is 48.4 Å². The van der Waals surface area contributed by atoms with E-state index < -0.39 is 24.0 Å². The molecule has 1 atom stereocenters. The van der Waals surface area contributed by atoms with Gasteiger partial charge in [0.15, 0.2) is 5.54 Å². The van der Waals surface area contributed by atoms with Gasteiger partial charge in [-0.2, -0.15) is 5.06 Å². The maximum absolute atomic E-state index is 12.3. The summed E-state index contributed by atoms with van der Waals surface area (Å²) < 4.78 is 4.71. The van der Waals surface area contributed by atoms with Crippen molar-refractivity contribution in [3.05, 3.63) is 35.4 Å². The molecule has 19 heavy (non-hydrogen) atoms. The molecular weight excluding hydrogens is 250 g/mol. The summed E-state index contributed by atoms with van der Waals surface area (Å²) in [5, 5.41) is 10.5. The monoisotopic (exact) mass is 265 g/mol. The Bertz CT molecular complexity index is 516. The number of rotatable bonds is 3. The van der Waals surface area contributed by atoms with Crippen LogP contribution in [-0.2, 0) is 20.8 Å². The molecule has 1 aromatic rings. The molecule has 1 heterocycles. The van der Waals surface area contributed by atoms with Crippen molar-refractivity contribution in [1.82, 2.24) is 5.06 Å². The van der Waals surface area contributed by atoms with Crippen LogP contribution in [0.25, 0.3) is 0 Å². The highest BCUT2D eigenvalue weighted by Gasteiger charge is 2.52. The Hall–Kier alpha value is -1.92. The maximum atomic E-state index is 12.3. The molecule has 0 aliphatic carbocycles. The molecule has 0 spiro atoms. The second kappa shape index (κ2) is 4.99. The summed E-state index contributed by atoms with van der Waals surface area (Å²) >= 11 is 0. The van der Waals surface area contributed by atoms with Gasteiger partial charge >= 0.3 is 5.97 Å². The molecule has 2 rings (SSSR count). The first kappa shape index (κ1) is 13.5. The summed E-state index contributed by atoms with van der Waals surface area (Å²) in [6.07, 6.45) is 0.145. The summed E-state index contributed by atoms with van der Waals surface area (Å²) in [5.74, 6) is -1.18. The first-order valence-corrected chi connectivity index (χ1v) is 5.76. The molecule has 1 amide bonds. The lowest BCUT2D eigenvalue weighted by atomic mass is 9.84. The minimum atomic E-state index is -1.53. The lowest BCUT2D eigenvalue weighted by Gasteiger charge is -2.41.